The molecular formula is C64H45NO. The largest absolute Gasteiger partial charge is 0.455 e. The third-order valence-electron chi connectivity index (χ3n) is 14.6. The molecule has 1 aromatic heterocycles. The summed E-state index contributed by atoms with van der Waals surface area (Å²) in [5, 5.41) is 2.27. The highest BCUT2D eigenvalue weighted by Gasteiger charge is 2.46. The van der Waals surface area contributed by atoms with Gasteiger partial charge in [0.25, 0.3) is 0 Å². The molecule has 0 aliphatic heterocycles. The van der Waals surface area contributed by atoms with Crippen LogP contribution in [0.15, 0.2) is 241 Å². The first kappa shape index (κ1) is 38.3. The fourth-order valence-electron chi connectivity index (χ4n) is 11.6. The van der Waals surface area contributed by atoms with Gasteiger partial charge in [0.1, 0.15) is 11.2 Å². The topological polar surface area (TPSA) is 16.4 Å². The molecule has 1 heterocycles. The summed E-state index contributed by atoms with van der Waals surface area (Å²) in [7, 11) is 0. The molecule has 0 radical (unpaired) electrons. The minimum atomic E-state index is -0.454. The first-order valence-corrected chi connectivity index (χ1v) is 23.0. The maximum Gasteiger partial charge on any atom is 0.143 e. The van der Waals surface area contributed by atoms with Gasteiger partial charge in [-0.25, -0.2) is 0 Å². The summed E-state index contributed by atoms with van der Waals surface area (Å²) < 4.78 is 6.48. The highest BCUT2D eigenvalue weighted by molar-refractivity contribution is 6.09. The van der Waals surface area contributed by atoms with Crippen LogP contribution in [0.3, 0.4) is 0 Å². The van der Waals surface area contributed by atoms with Crippen LogP contribution in [0.25, 0.3) is 66.4 Å². The summed E-state index contributed by atoms with van der Waals surface area (Å²) in [5.41, 5.74) is 22.2. The standard InChI is InChI=1S/C64H45NO/c1-63(2)56-27-12-9-21-51(56)52-40-39-48(41-59(52)63)65(47-37-33-43(34-38-47)50-25-15-26-54-53-22-11-14-30-60(53)66-62(50)54)46-35-31-42(32-36-46)49-24-16-29-58-61(49)55-23-10-13-28-57(55)64(58,44-17-5-3-6-18-44)45-19-7-4-8-20-45/h3-41H,1-2H3. The van der Waals surface area contributed by atoms with E-state index in [0.717, 1.165) is 50.1 Å². The number of fused-ring (bicyclic) bond motifs is 9. The molecule has 0 saturated heterocycles. The average Bonchev–Trinajstić information content (AvgIpc) is 3.99. The van der Waals surface area contributed by atoms with Gasteiger partial charge in [0.2, 0.25) is 0 Å². The molecule has 10 aromatic carbocycles. The number of hydrogen-bond acceptors (Lipinski definition) is 2. The molecule has 2 aliphatic rings. The van der Waals surface area contributed by atoms with Crippen molar-refractivity contribution in [1.29, 1.82) is 0 Å². The number of furan rings is 1. The summed E-state index contributed by atoms with van der Waals surface area (Å²) in [6.45, 7) is 4.71. The van der Waals surface area contributed by atoms with E-state index in [-0.39, 0.29) is 5.41 Å². The van der Waals surface area contributed by atoms with Crippen LogP contribution in [0, 0.1) is 0 Å². The van der Waals surface area contributed by atoms with Crippen molar-refractivity contribution < 1.29 is 4.42 Å². The molecule has 0 spiro atoms. The molecular weight excluding hydrogens is 799 g/mol. The lowest BCUT2D eigenvalue weighted by atomic mass is 9.67. The third kappa shape index (κ3) is 5.55. The van der Waals surface area contributed by atoms with Gasteiger partial charge in [0.05, 0.1) is 5.41 Å². The first-order chi connectivity index (χ1) is 32.5. The van der Waals surface area contributed by atoms with Crippen LogP contribution in [0.1, 0.15) is 47.2 Å². The quantitative estimate of drug-likeness (QED) is 0.159. The number of hydrogen-bond donors (Lipinski definition) is 0. The van der Waals surface area contributed by atoms with E-state index in [1.807, 2.05) is 6.07 Å². The Balaban J connectivity index is 0.951. The van der Waals surface area contributed by atoms with Crippen LogP contribution in [0.5, 0.6) is 0 Å². The zero-order chi connectivity index (χ0) is 44.0. The van der Waals surface area contributed by atoms with Gasteiger partial charge in [-0.1, -0.05) is 208 Å². The van der Waals surface area contributed by atoms with Gasteiger partial charge in [-0.15, -0.1) is 0 Å². The lowest BCUT2D eigenvalue weighted by Gasteiger charge is -2.34. The van der Waals surface area contributed by atoms with Crippen LogP contribution < -0.4 is 4.90 Å². The van der Waals surface area contributed by atoms with E-state index in [0.29, 0.717) is 0 Å². The molecule has 13 rings (SSSR count). The Morgan fingerprint density at radius 1 is 0.348 bits per heavy atom. The van der Waals surface area contributed by atoms with Crippen LogP contribution >= 0.6 is 0 Å². The zero-order valence-corrected chi connectivity index (χ0v) is 36.9. The van der Waals surface area contributed by atoms with Crippen molar-refractivity contribution in [3.05, 3.63) is 270 Å². The molecule has 0 amide bonds. The summed E-state index contributed by atoms with van der Waals surface area (Å²) in [5.74, 6) is 0. The molecule has 0 atom stereocenters. The van der Waals surface area contributed by atoms with E-state index >= 15 is 0 Å². The Morgan fingerprint density at radius 2 is 0.848 bits per heavy atom. The number of nitrogens with zero attached hydrogens (tertiary/aromatic N) is 1. The van der Waals surface area contributed by atoms with E-state index < -0.39 is 5.41 Å². The molecule has 2 aliphatic carbocycles. The third-order valence-corrected chi connectivity index (χ3v) is 14.6. The summed E-state index contributed by atoms with van der Waals surface area (Å²) >= 11 is 0. The first-order valence-electron chi connectivity index (χ1n) is 23.0. The second-order valence-electron chi connectivity index (χ2n) is 18.4. The smallest absolute Gasteiger partial charge is 0.143 e. The van der Waals surface area contributed by atoms with Crippen LogP contribution in [-0.2, 0) is 10.8 Å². The molecule has 312 valence electrons. The summed E-state index contributed by atoms with van der Waals surface area (Å²) in [6.07, 6.45) is 0. The van der Waals surface area contributed by atoms with E-state index in [1.54, 1.807) is 0 Å². The van der Waals surface area contributed by atoms with Crippen LogP contribution in [0.4, 0.5) is 17.1 Å². The predicted molar refractivity (Wildman–Crippen MR) is 274 cm³/mol. The highest BCUT2D eigenvalue weighted by atomic mass is 16.3. The van der Waals surface area contributed by atoms with Crippen LogP contribution in [-0.4, -0.2) is 0 Å². The molecule has 0 fully saturated rings. The molecule has 2 heteroatoms. The minimum Gasteiger partial charge on any atom is -0.455 e. The van der Waals surface area contributed by atoms with Gasteiger partial charge in [-0.3, -0.25) is 0 Å². The van der Waals surface area contributed by atoms with Crippen molar-refractivity contribution in [1.82, 2.24) is 0 Å². The van der Waals surface area contributed by atoms with E-state index in [4.69, 9.17) is 4.42 Å². The Hall–Kier alpha value is -8.20. The van der Waals surface area contributed by atoms with Gasteiger partial charge in [-0.2, -0.15) is 0 Å². The molecule has 0 bridgehead atoms. The van der Waals surface area contributed by atoms with Gasteiger partial charge in [0, 0.05) is 38.8 Å². The molecule has 11 aromatic rings. The molecule has 2 nitrogen and oxygen atoms in total. The Labute approximate surface area is 385 Å². The number of para-hydroxylation sites is 2. The zero-order valence-electron chi connectivity index (χ0n) is 36.9. The van der Waals surface area contributed by atoms with E-state index in [2.05, 4.69) is 249 Å². The molecule has 0 unspecified atom stereocenters. The highest BCUT2D eigenvalue weighted by Crippen LogP contribution is 2.58. The summed E-state index contributed by atoms with van der Waals surface area (Å²) in [4.78, 5) is 2.41. The normalized spacial score (nSPS) is 13.8. The van der Waals surface area contributed by atoms with Crippen molar-refractivity contribution in [3.63, 3.8) is 0 Å². The SMILES string of the molecule is CC1(C)c2ccccc2-c2ccc(N(c3ccc(-c4cccc5c4-c4ccccc4C5(c4ccccc4)c4ccccc4)cc3)c3ccc(-c4cccc5c4oc4ccccc45)cc3)cc21. The molecule has 0 saturated carbocycles. The Bertz CT molecular complexity index is 3620. The summed E-state index contributed by atoms with van der Waals surface area (Å²) in [6, 6.07) is 86.9. The lowest BCUT2D eigenvalue weighted by molar-refractivity contribution is 0.660. The van der Waals surface area contributed by atoms with E-state index in [9.17, 15) is 0 Å². The van der Waals surface area contributed by atoms with Crippen molar-refractivity contribution in [2.75, 3.05) is 4.90 Å². The number of rotatable bonds is 7. The van der Waals surface area contributed by atoms with Gasteiger partial charge in [-0.05, 0) is 115 Å². The fourth-order valence-corrected chi connectivity index (χ4v) is 11.6. The number of anilines is 3. The van der Waals surface area contributed by atoms with Crippen molar-refractivity contribution in [3.8, 4) is 44.5 Å². The van der Waals surface area contributed by atoms with Gasteiger partial charge >= 0.3 is 0 Å². The van der Waals surface area contributed by atoms with Gasteiger partial charge in [0.15, 0.2) is 0 Å². The minimum absolute atomic E-state index is 0.134. The van der Waals surface area contributed by atoms with Crippen LogP contribution in [0.2, 0.25) is 0 Å². The second-order valence-corrected chi connectivity index (χ2v) is 18.4. The molecule has 66 heavy (non-hydrogen) atoms. The second kappa shape index (κ2) is 14.7. The monoisotopic (exact) mass is 843 g/mol. The van der Waals surface area contributed by atoms with Crippen molar-refractivity contribution >= 4 is 39.0 Å². The predicted octanol–water partition coefficient (Wildman–Crippen LogP) is 17.1. The lowest BCUT2D eigenvalue weighted by Crippen LogP contribution is -2.28. The Kier molecular flexibility index (Phi) is 8.51. The number of benzene rings is 10. The van der Waals surface area contributed by atoms with Crippen molar-refractivity contribution in [2.45, 2.75) is 24.7 Å². The van der Waals surface area contributed by atoms with Crippen molar-refractivity contribution in [2.24, 2.45) is 0 Å². The average molecular weight is 844 g/mol. The fraction of sp³-hybridized carbons (Fsp3) is 0.0625. The Morgan fingerprint density at radius 3 is 1.56 bits per heavy atom. The maximum atomic E-state index is 6.48. The maximum absolute atomic E-state index is 6.48. The van der Waals surface area contributed by atoms with E-state index in [1.165, 1.54) is 66.8 Å². The van der Waals surface area contributed by atoms with Gasteiger partial charge < -0.3 is 9.32 Å². The molecule has 0 N–H and O–H groups in total.